The SMILES string of the molecule is CCNCc1nnc(-c2ccns2)o1. The summed E-state index contributed by atoms with van der Waals surface area (Å²) in [7, 11) is 0. The summed E-state index contributed by atoms with van der Waals surface area (Å²) in [5, 5.41) is 10.9. The first kappa shape index (κ1) is 9.29. The van der Waals surface area contributed by atoms with Gasteiger partial charge in [-0.05, 0) is 24.1 Å². The quantitative estimate of drug-likeness (QED) is 0.824. The first-order valence-electron chi connectivity index (χ1n) is 4.34. The van der Waals surface area contributed by atoms with Crippen LogP contribution in [-0.2, 0) is 6.54 Å². The maximum Gasteiger partial charge on any atom is 0.259 e. The van der Waals surface area contributed by atoms with Crippen molar-refractivity contribution in [2.24, 2.45) is 0 Å². The van der Waals surface area contributed by atoms with Crippen LogP contribution in [0.2, 0.25) is 0 Å². The molecule has 0 aliphatic rings. The first-order chi connectivity index (χ1) is 6.90. The van der Waals surface area contributed by atoms with Crippen LogP contribution >= 0.6 is 11.5 Å². The molecule has 0 unspecified atom stereocenters. The minimum absolute atomic E-state index is 0.542. The molecule has 0 aliphatic carbocycles. The van der Waals surface area contributed by atoms with Crippen molar-refractivity contribution in [2.75, 3.05) is 6.54 Å². The highest BCUT2D eigenvalue weighted by Gasteiger charge is 2.08. The van der Waals surface area contributed by atoms with Crippen molar-refractivity contribution in [3.63, 3.8) is 0 Å². The summed E-state index contributed by atoms with van der Waals surface area (Å²) in [6, 6.07) is 1.86. The number of aromatic nitrogens is 3. The van der Waals surface area contributed by atoms with E-state index in [2.05, 4.69) is 19.9 Å². The van der Waals surface area contributed by atoms with Crippen molar-refractivity contribution < 1.29 is 4.42 Å². The molecule has 0 aliphatic heterocycles. The van der Waals surface area contributed by atoms with Gasteiger partial charge in [-0.1, -0.05) is 6.92 Å². The fourth-order valence-corrected chi connectivity index (χ4v) is 1.50. The zero-order valence-corrected chi connectivity index (χ0v) is 8.54. The molecule has 74 valence electrons. The third-order valence-corrected chi connectivity index (χ3v) is 2.38. The van der Waals surface area contributed by atoms with Crippen LogP contribution in [0.4, 0.5) is 0 Å². The highest BCUT2D eigenvalue weighted by atomic mass is 32.1. The van der Waals surface area contributed by atoms with Crippen LogP contribution < -0.4 is 5.32 Å². The molecular weight excluding hydrogens is 200 g/mol. The highest BCUT2D eigenvalue weighted by Crippen LogP contribution is 2.20. The molecule has 0 bridgehead atoms. The summed E-state index contributed by atoms with van der Waals surface area (Å²) >= 11 is 1.35. The molecule has 1 N–H and O–H groups in total. The normalized spacial score (nSPS) is 10.6. The third kappa shape index (κ3) is 1.97. The number of rotatable bonds is 4. The van der Waals surface area contributed by atoms with Gasteiger partial charge < -0.3 is 9.73 Å². The molecule has 0 atom stereocenters. The van der Waals surface area contributed by atoms with Crippen LogP contribution in [-0.4, -0.2) is 21.1 Å². The number of nitrogens with one attached hydrogen (secondary N) is 1. The molecule has 0 spiro atoms. The second kappa shape index (κ2) is 4.30. The van der Waals surface area contributed by atoms with Gasteiger partial charge in [0.1, 0.15) is 4.88 Å². The molecular formula is C8H10N4OS. The summed E-state index contributed by atoms with van der Waals surface area (Å²) in [4.78, 5) is 0.903. The van der Waals surface area contributed by atoms with Gasteiger partial charge >= 0.3 is 0 Å². The van der Waals surface area contributed by atoms with Gasteiger partial charge in [0.15, 0.2) is 0 Å². The maximum absolute atomic E-state index is 5.42. The predicted octanol–water partition coefficient (Wildman–Crippen LogP) is 1.30. The number of hydrogen-bond acceptors (Lipinski definition) is 6. The van der Waals surface area contributed by atoms with E-state index >= 15 is 0 Å². The van der Waals surface area contributed by atoms with Gasteiger partial charge in [-0.3, -0.25) is 0 Å². The fraction of sp³-hybridized carbons (Fsp3) is 0.375. The Morgan fingerprint density at radius 1 is 1.50 bits per heavy atom. The topological polar surface area (TPSA) is 63.8 Å². The summed E-state index contributed by atoms with van der Waals surface area (Å²) in [6.07, 6.45) is 1.72. The summed E-state index contributed by atoms with van der Waals surface area (Å²) in [5.74, 6) is 1.15. The minimum Gasteiger partial charge on any atom is -0.418 e. The molecule has 0 saturated heterocycles. The molecule has 2 heterocycles. The third-order valence-electron chi connectivity index (χ3n) is 1.64. The van der Waals surface area contributed by atoms with E-state index in [1.165, 1.54) is 11.5 Å². The van der Waals surface area contributed by atoms with Gasteiger partial charge in [-0.25, -0.2) is 4.37 Å². The van der Waals surface area contributed by atoms with Gasteiger partial charge in [0.2, 0.25) is 5.89 Å². The molecule has 2 aromatic rings. The fourth-order valence-electron chi connectivity index (χ4n) is 0.983. The van der Waals surface area contributed by atoms with Crippen molar-refractivity contribution in [2.45, 2.75) is 13.5 Å². The van der Waals surface area contributed by atoms with Gasteiger partial charge in [-0.2, -0.15) is 0 Å². The Morgan fingerprint density at radius 2 is 2.43 bits per heavy atom. The summed E-state index contributed by atoms with van der Waals surface area (Å²) in [5.41, 5.74) is 0. The van der Waals surface area contributed by atoms with E-state index in [1.807, 2.05) is 13.0 Å². The van der Waals surface area contributed by atoms with Crippen molar-refractivity contribution in [1.82, 2.24) is 19.9 Å². The molecule has 2 rings (SSSR count). The first-order valence-corrected chi connectivity index (χ1v) is 5.11. The Kier molecular flexibility index (Phi) is 2.85. The maximum atomic E-state index is 5.42. The van der Waals surface area contributed by atoms with Crippen molar-refractivity contribution in [1.29, 1.82) is 0 Å². The molecule has 0 radical (unpaired) electrons. The van der Waals surface area contributed by atoms with Crippen LogP contribution in [0.25, 0.3) is 10.8 Å². The van der Waals surface area contributed by atoms with Crippen LogP contribution in [0, 0.1) is 0 Å². The standard InChI is InChI=1S/C8H10N4OS/c1-2-9-5-7-11-12-8(13-7)6-3-4-10-14-6/h3-4,9H,2,5H2,1H3. The largest absolute Gasteiger partial charge is 0.418 e. The molecule has 14 heavy (non-hydrogen) atoms. The Balaban J connectivity index is 2.10. The molecule has 0 amide bonds. The van der Waals surface area contributed by atoms with E-state index < -0.39 is 0 Å². The lowest BCUT2D eigenvalue weighted by molar-refractivity contribution is 0.483. The Morgan fingerprint density at radius 3 is 3.14 bits per heavy atom. The lowest BCUT2D eigenvalue weighted by Crippen LogP contribution is -2.11. The zero-order valence-electron chi connectivity index (χ0n) is 7.73. The van der Waals surface area contributed by atoms with Crippen LogP contribution in [0.1, 0.15) is 12.8 Å². The van der Waals surface area contributed by atoms with E-state index in [-0.39, 0.29) is 0 Å². The molecule has 0 aromatic carbocycles. The average molecular weight is 210 g/mol. The Bertz CT molecular complexity index is 384. The number of nitrogens with zero attached hydrogens (tertiary/aromatic N) is 3. The van der Waals surface area contributed by atoms with Crippen LogP contribution in [0.15, 0.2) is 16.7 Å². The predicted molar refractivity (Wildman–Crippen MR) is 52.8 cm³/mol. The van der Waals surface area contributed by atoms with Gasteiger partial charge in [0.25, 0.3) is 5.89 Å². The van der Waals surface area contributed by atoms with Crippen LogP contribution in [0.5, 0.6) is 0 Å². The highest BCUT2D eigenvalue weighted by molar-refractivity contribution is 7.09. The van der Waals surface area contributed by atoms with Gasteiger partial charge in [-0.15, -0.1) is 10.2 Å². The minimum atomic E-state index is 0.542. The van der Waals surface area contributed by atoms with Crippen molar-refractivity contribution >= 4 is 11.5 Å². The molecule has 2 aromatic heterocycles. The lowest BCUT2D eigenvalue weighted by Gasteiger charge is -1.92. The van der Waals surface area contributed by atoms with Crippen LogP contribution in [0.3, 0.4) is 0 Å². The van der Waals surface area contributed by atoms with E-state index in [4.69, 9.17) is 4.42 Å². The Labute approximate surface area is 85.3 Å². The van der Waals surface area contributed by atoms with Crippen molar-refractivity contribution in [3.8, 4) is 10.8 Å². The second-order valence-corrected chi connectivity index (χ2v) is 3.49. The molecule has 6 heteroatoms. The molecule has 5 nitrogen and oxygen atoms in total. The van der Waals surface area contributed by atoms with Gasteiger partial charge in [0.05, 0.1) is 6.54 Å². The Hall–Kier alpha value is -1.27. The van der Waals surface area contributed by atoms with Gasteiger partial charge in [0, 0.05) is 6.20 Å². The summed E-state index contributed by atoms with van der Waals surface area (Å²) in [6.45, 7) is 3.53. The summed E-state index contributed by atoms with van der Waals surface area (Å²) < 4.78 is 9.38. The average Bonchev–Trinajstić information content (AvgIpc) is 2.85. The number of hydrogen-bond donors (Lipinski definition) is 1. The van der Waals surface area contributed by atoms with E-state index in [1.54, 1.807) is 6.20 Å². The van der Waals surface area contributed by atoms with E-state index in [0.29, 0.717) is 18.3 Å². The smallest absolute Gasteiger partial charge is 0.259 e. The van der Waals surface area contributed by atoms with Crippen molar-refractivity contribution in [3.05, 3.63) is 18.2 Å². The molecule has 0 fully saturated rings. The molecule has 0 saturated carbocycles. The van der Waals surface area contributed by atoms with E-state index in [9.17, 15) is 0 Å². The van der Waals surface area contributed by atoms with E-state index in [0.717, 1.165) is 11.4 Å². The monoisotopic (exact) mass is 210 g/mol. The zero-order chi connectivity index (χ0) is 9.80. The lowest BCUT2D eigenvalue weighted by atomic mass is 10.5. The second-order valence-electron chi connectivity index (χ2n) is 2.66.